The van der Waals surface area contributed by atoms with Gasteiger partial charge in [-0.3, -0.25) is 4.79 Å². The predicted octanol–water partition coefficient (Wildman–Crippen LogP) is 3.77. The van der Waals surface area contributed by atoms with Crippen molar-refractivity contribution in [2.45, 2.75) is 31.1 Å². The van der Waals surface area contributed by atoms with E-state index in [1.807, 2.05) is 0 Å². The number of carbonyl (C=O) groups excluding carboxylic acids is 1. The van der Waals surface area contributed by atoms with Crippen molar-refractivity contribution in [3.8, 4) is 11.5 Å². The lowest BCUT2D eigenvalue weighted by Gasteiger charge is -2.18. The van der Waals surface area contributed by atoms with Crippen molar-refractivity contribution in [1.82, 2.24) is 4.83 Å². The van der Waals surface area contributed by atoms with E-state index in [1.165, 1.54) is 0 Å². The number of rotatable bonds is 5. The van der Waals surface area contributed by atoms with Crippen LogP contribution in [0.3, 0.4) is 0 Å². The van der Waals surface area contributed by atoms with Gasteiger partial charge in [0, 0.05) is 29.3 Å². The molecule has 0 saturated carbocycles. The fourth-order valence-electron chi connectivity index (χ4n) is 4.09. The number of sulfonamides is 1. The van der Waals surface area contributed by atoms with Gasteiger partial charge in [-0.15, -0.1) is 0 Å². The van der Waals surface area contributed by atoms with Crippen LogP contribution in [0.4, 0.5) is 10.1 Å². The van der Waals surface area contributed by atoms with Gasteiger partial charge in [-0.1, -0.05) is 0 Å². The van der Waals surface area contributed by atoms with Crippen LogP contribution in [0.25, 0.3) is 0 Å². The molecule has 0 radical (unpaired) electrons. The Morgan fingerprint density at radius 2 is 1.77 bits per heavy atom. The minimum absolute atomic E-state index is 0.109. The second kappa shape index (κ2) is 9.06. The fraction of sp³-hybridized carbons (Fsp3) is 0.250. The lowest BCUT2D eigenvalue weighted by atomic mass is 9.93. The zero-order valence-electron chi connectivity index (χ0n) is 18.8. The van der Waals surface area contributed by atoms with E-state index >= 15 is 0 Å². The van der Waals surface area contributed by atoms with Crippen LogP contribution in [0, 0.1) is 12.7 Å². The van der Waals surface area contributed by atoms with Crippen LogP contribution in [0.2, 0.25) is 0 Å². The summed E-state index contributed by atoms with van der Waals surface area (Å²) in [4.78, 5) is 15.1. The highest BCUT2D eigenvalue weighted by atomic mass is 32.2. The predicted molar refractivity (Wildman–Crippen MR) is 125 cm³/mol. The van der Waals surface area contributed by atoms with Crippen molar-refractivity contribution in [2.24, 2.45) is 5.10 Å². The Kier molecular flexibility index (Phi) is 5.93. The molecule has 11 heteroatoms. The highest BCUT2D eigenvalue weighted by Crippen LogP contribution is 2.34. The molecule has 3 aromatic rings. The molecule has 2 aliphatic rings. The summed E-state index contributed by atoms with van der Waals surface area (Å²) in [5, 5.41) is 6.93. The third kappa shape index (κ3) is 4.59. The molecule has 2 heterocycles. The van der Waals surface area contributed by atoms with Crippen LogP contribution >= 0.6 is 0 Å². The average molecular weight is 500 g/mol. The van der Waals surface area contributed by atoms with E-state index < -0.39 is 21.7 Å². The molecule has 1 aromatic heterocycles. The lowest BCUT2D eigenvalue weighted by molar-refractivity contribution is 0.0994. The topological polar surface area (TPSA) is 119 Å². The fourth-order valence-corrected chi connectivity index (χ4v) is 4.92. The molecule has 0 spiro atoms. The van der Waals surface area contributed by atoms with Gasteiger partial charge in [-0.2, -0.15) is 18.4 Å². The van der Waals surface area contributed by atoms with Crippen molar-refractivity contribution in [1.29, 1.82) is 0 Å². The van der Waals surface area contributed by atoms with Gasteiger partial charge in [-0.05, 0) is 56.2 Å². The first-order chi connectivity index (χ1) is 16.8. The molecule has 1 aliphatic carbocycles. The van der Waals surface area contributed by atoms with E-state index in [2.05, 4.69) is 15.2 Å². The maximum absolute atomic E-state index is 13.1. The van der Waals surface area contributed by atoms with Gasteiger partial charge in [0.1, 0.15) is 24.8 Å². The number of hydrogen-bond donors (Lipinski definition) is 2. The number of halogens is 1. The first-order valence-corrected chi connectivity index (χ1v) is 12.5. The number of aryl methyl sites for hydroxylation is 1. The highest BCUT2D eigenvalue weighted by molar-refractivity contribution is 7.89. The molecule has 2 N–H and O–H groups in total. The number of furan rings is 1. The number of fused-ring (bicyclic) bond motifs is 2. The summed E-state index contributed by atoms with van der Waals surface area (Å²) in [7, 11) is -3.99. The van der Waals surface area contributed by atoms with Gasteiger partial charge in [0.25, 0.3) is 15.9 Å². The maximum atomic E-state index is 13.1. The maximum Gasteiger partial charge on any atom is 0.291 e. The first kappa shape index (κ1) is 22.9. The third-order valence-electron chi connectivity index (χ3n) is 5.76. The molecule has 9 nitrogen and oxygen atoms in total. The van der Waals surface area contributed by atoms with Gasteiger partial charge in [0.05, 0.1) is 10.6 Å². The molecule has 0 atom stereocenters. The number of hydrogen-bond acceptors (Lipinski definition) is 7. The number of hydrazone groups is 1. The zero-order valence-corrected chi connectivity index (χ0v) is 19.6. The quantitative estimate of drug-likeness (QED) is 0.516. The molecular formula is C24H22FN3O6S. The molecule has 0 fully saturated rings. The van der Waals surface area contributed by atoms with Crippen molar-refractivity contribution in [3.63, 3.8) is 0 Å². The lowest BCUT2D eigenvalue weighted by Crippen LogP contribution is -2.22. The summed E-state index contributed by atoms with van der Waals surface area (Å²) < 4.78 is 55.2. The minimum atomic E-state index is -3.99. The number of nitrogens with zero attached hydrogens (tertiary/aromatic N) is 1. The Labute approximate surface area is 201 Å². The average Bonchev–Trinajstić information content (AvgIpc) is 3.20. The van der Waals surface area contributed by atoms with Crippen LogP contribution in [0.5, 0.6) is 11.5 Å². The molecule has 0 saturated heterocycles. The van der Waals surface area contributed by atoms with E-state index in [0.29, 0.717) is 72.3 Å². The monoisotopic (exact) mass is 499 g/mol. The zero-order chi connectivity index (χ0) is 24.6. The normalized spacial score (nSPS) is 16.0. The molecule has 5 rings (SSSR count). The summed E-state index contributed by atoms with van der Waals surface area (Å²) in [6, 6.07) is 9.56. The summed E-state index contributed by atoms with van der Waals surface area (Å²) >= 11 is 0. The molecule has 1 amide bonds. The van der Waals surface area contributed by atoms with E-state index in [1.54, 1.807) is 25.1 Å². The van der Waals surface area contributed by atoms with Gasteiger partial charge in [0.2, 0.25) is 0 Å². The summed E-state index contributed by atoms with van der Waals surface area (Å²) in [5.74, 6) is 0.875. The van der Waals surface area contributed by atoms with E-state index in [9.17, 15) is 17.6 Å². The number of ether oxygens (including phenoxy) is 2. The van der Waals surface area contributed by atoms with Gasteiger partial charge in [0.15, 0.2) is 17.3 Å². The molecule has 182 valence electrons. The standard InChI is InChI=1S/C24H22FN3O6S/c1-14-22-18(27-28-35(30,31)17-8-5-15(25)6-9-17)3-2-4-20(22)34-23(14)24(29)26-16-7-10-19-21(13-16)33-12-11-32-19/h5-10,13,28H,2-4,11-12H2,1H3,(H,26,29)/b27-18+. The molecule has 0 unspecified atom stereocenters. The second-order valence-corrected chi connectivity index (χ2v) is 9.79. The Morgan fingerprint density at radius 1 is 1.03 bits per heavy atom. The number of anilines is 1. The van der Waals surface area contributed by atoms with Gasteiger partial charge in [-0.25, -0.2) is 4.39 Å². The SMILES string of the molecule is Cc1c(C(=O)Nc2ccc3c(c2)OCCO3)oc2c1/C(=N/NS(=O)(=O)c1ccc(F)cc1)CCC2. The summed E-state index contributed by atoms with van der Waals surface area (Å²) in [5.41, 5.74) is 2.17. The molecule has 1 aliphatic heterocycles. The molecule has 35 heavy (non-hydrogen) atoms. The van der Waals surface area contributed by atoms with Crippen LogP contribution < -0.4 is 19.6 Å². The van der Waals surface area contributed by atoms with Gasteiger partial charge >= 0.3 is 0 Å². The number of carbonyl (C=O) groups is 1. The van der Waals surface area contributed by atoms with E-state index in [4.69, 9.17) is 13.9 Å². The Hall–Kier alpha value is -3.86. The Morgan fingerprint density at radius 3 is 2.54 bits per heavy atom. The molecular weight excluding hydrogens is 477 g/mol. The number of amides is 1. The third-order valence-corrected chi connectivity index (χ3v) is 6.98. The van der Waals surface area contributed by atoms with Crippen molar-refractivity contribution in [2.75, 3.05) is 18.5 Å². The molecule has 2 aromatic carbocycles. The number of benzene rings is 2. The summed E-state index contributed by atoms with van der Waals surface area (Å²) in [6.07, 6.45) is 1.78. The van der Waals surface area contributed by atoms with E-state index in [-0.39, 0.29) is 10.7 Å². The van der Waals surface area contributed by atoms with Crippen LogP contribution in [0.15, 0.2) is 56.9 Å². The number of nitrogens with one attached hydrogen (secondary N) is 2. The first-order valence-electron chi connectivity index (χ1n) is 11.0. The summed E-state index contributed by atoms with van der Waals surface area (Å²) in [6.45, 7) is 2.64. The smallest absolute Gasteiger partial charge is 0.291 e. The molecule has 0 bridgehead atoms. The minimum Gasteiger partial charge on any atom is -0.486 e. The largest absolute Gasteiger partial charge is 0.486 e. The van der Waals surface area contributed by atoms with Gasteiger partial charge < -0.3 is 19.2 Å². The van der Waals surface area contributed by atoms with Crippen molar-refractivity contribution >= 4 is 27.3 Å². The van der Waals surface area contributed by atoms with Crippen molar-refractivity contribution < 1.29 is 31.5 Å². The van der Waals surface area contributed by atoms with Crippen LogP contribution in [-0.4, -0.2) is 33.3 Å². The van der Waals surface area contributed by atoms with Crippen LogP contribution in [-0.2, 0) is 16.4 Å². The Balaban J connectivity index is 1.38. The van der Waals surface area contributed by atoms with Crippen LogP contribution in [0.1, 0.15) is 40.3 Å². The van der Waals surface area contributed by atoms with Crippen molar-refractivity contribution in [3.05, 3.63) is 70.9 Å². The Bertz CT molecular complexity index is 1430. The highest BCUT2D eigenvalue weighted by Gasteiger charge is 2.29. The second-order valence-electron chi connectivity index (χ2n) is 8.13. The van der Waals surface area contributed by atoms with E-state index in [0.717, 1.165) is 24.3 Å².